The van der Waals surface area contributed by atoms with E-state index in [0.29, 0.717) is 22.9 Å². The van der Waals surface area contributed by atoms with Crippen LogP contribution in [0.1, 0.15) is 48.4 Å². The molecule has 0 bridgehead atoms. The van der Waals surface area contributed by atoms with Gasteiger partial charge in [-0.2, -0.15) is 0 Å². The molecule has 0 aliphatic heterocycles. The molecule has 1 heterocycles. The number of anilines is 1. The van der Waals surface area contributed by atoms with Crippen molar-refractivity contribution in [3.63, 3.8) is 0 Å². The van der Waals surface area contributed by atoms with Crippen molar-refractivity contribution in [3.05, 3.63) is 82.6 Å². The van der Waals surface area contributed by atoms with E-state index in [1.807, 2.05) is 51.1 Å². The molecule has 0 aliphatic rings. The number of amides is 3. The number of hydrogen-bond donors (Lipinski definition) is 2. The standard InChI is InChI=1S/C26H29FN4O3S/c1-17(2)14-31(25(34)20-9-11-21(27)12-10-20)15-24(33)30-26-29-22(16-35-26)13-23(32)28-18(3)19-7-5-4-6-8-19/h4-12,16-18H,13-15H2,1-3H3,(H,28,32)(H,29,30,33). The van der Waals surface area contributed by atoms with Crippen molar-refractivity contribution in [1.29, 1.82) is 0 Å². The van der Waals surface area contributed by atoms with Gasteiger partial charge in [-0.25, -0.2) is 9.37 Å². The van der Waals surface area contributed by atoms with E-state index < -0.39 is 11.7 Å². The Hall–Kier alpha value is -3.59. The van der Waals surface area contributed by atoms with E-state index in [-0.39, 0.29) is 36.7 Å². The topological polar surface area (TPSA) is 91.4 Å². The van der Waals surface area contributed by atoms with Crippen LogP contribution in [0.2, 0.25) is 0 Å². The highest BCUT2D eigenvalue weighted by Gasteiger charge is 2.21. The van der Waals surface area contributed by atoms with Crippen LogP contribution in [0.25, 0.3) is 0 Å². The van der Waals surface area contributed by atoms with Crippen LogP contribution in [0.3, 0.4) is 0 Å². The summed E-state index contributed by atoms with van der Waals surface area (Å²) < 4.78 is 13.2. The van der Waals surface area contributed by atoms with Gasteiger partial charge in [-0.05, 0) is 42.7 Å². The van der Waals surface area contributed by atoms with Crippen molar-refractivity contribution in [2.24, 2.45) is 5.92 Å². The SMILES string of the molecule is CC(C)CN(CC(=O)Nc1nc(CC(=O)NC(C)c2ccccc2)cs1)C(=O)c1ccc(F)cc1. The number of nitrogens with one attached hydrogen (secondary N) is 2. The lowest BCUT2D eigenvalue weighted by Crippen LogP contribution is -2.40. The molecule has 7 nitrogen and oxygen atoms in total. The summed E-state index contributed by atoms with van der Waals surface area (Å²) in [5.74, 6) is -1.22. The van der Waals surface area contributed by atoms with Crippen molar-refractivity contribution in [2.75, 3.05) is 18.4 Å². The maximum atomic E-state index is 13.2. The summed E-state index contributed by atoms with van der Waals surface area (Å²) in [6.07, 6.45) is 0.0894. The predicted octanol–water partition coefficient (Wildman–Crippen LogP) is 4.44. The molecule has 0 saturated carbocycles. The van der Waals surface area contributed by atoms with Gasteiger partial charge in [0.15, 0.2) is 5.13 Å². The van der Waals surface area contributed by atoms with Crippen molar-refractivity contribution in [1.82, 2.24) is 15.2 Å². The first kappa shape index (κ1) is 26.0. The third-order valence-electron chi connectivity index (χ3n) is 5.12. The number of benzene rings is 2. The second-order valence-electron chi connectivity index (χ2n) is 8.66. The predicted molar refractivity (Wildman–Crippen MR) is 135 cm³/mol. The van der Waals surface area contributed by atoms with Crippen LogP contribution in [0, 0.1) is 11.7 Å². The molecule has 3 amide bonds. The van der Waals surface area contributed by atoms with Crippen molar-refractivity contribution in [3.8, 4) is 0 Å². The van der Waals surface area contributed by atoms with E-state index in [9.17, 15) is 18.8 Å². The van der Waals surface area contributed by atoms with Crippen LogP contribution in [0.5, 0.6) is 0 Å². The summed E-state index contributed by atoms with van der Waals surface area (Å²) in [4.78, 5) is 43.7. The van der Waals surface area contributed by atoms with Gasteiger partial charge in [0.05, 0.1) is 18.2 Å². The number of rotatable bonds is 10. The molecule has 0 saturated heterocycles. The van der Waals surface area contributed by atoms with Crippen LogP contribution in [-0.4, -0.2) is 40.7 Å². The fourth-order valence-corrected chi connectivity index (χ4v) is 4.22. The summed E-state index contributed by atoms with van der Waals surface area (Å²) in [5, 5.41) is 7.72. The van der Waals surface area contributed by atoms with E-state index in [4.69, 9.17) is 0 Å². The van der Waals surface area contributed by atoms with Crippen LogP contribution < -0.4 is 10.6 Å². The molecule has 2 aromatic carbocycles. The molecule has 0 spiro atoms. The minimum Gasteiger partial charge on any atom is -0.349 e. The lowest BCUT2D eigenvalue weighted by molar-refractivity contribution is -0.121. The van der Waals surface area contributed by atoms with Gasteiger partial charge in [0, 0.05) is 17.5 Å². The second kappa shape index (κ2) is 12.2. The van der Waals surface area contributed by atoms with Gasteiger partial charge in [-0.1, -0.05) is 44.2 Å². The highest BCUT2D eigenvalue weighted by molar-refractivity contribution is 7.13. The lowest BCUT2D eigenvalue weighted by Gasteiger charge is -2.24. The normalized spacial score (nSPS) is 11.7. The Kier molecular flexibility index (Phi) is 9.08. The summed E-state index contributed by atoms with van der Waals surface area (Å²) >= 11 is 1.21. The summed E-state index contributed by atoms with van der Waals surface area (Å²) in [6, 6.07) is 14.8. The molecule has 3 rings (SSSR count). The van der Waals surface area contributed by atoms with E-state index in [1.165, 1.54) is 40.5 Å². The fourth-order valence-electron chi connectivity index (χ4n) is 3.49. The Morgan fingerprint density at radius 1 is 1.00 bits per heavy atom. The van der Waals surface area contributed by atoms with Crippen LogP contribution in [0.15, 0.2) is 60.0 Å². The molecule has 9 heteroatoms. The Morgan fingerprint density at radius 2 is 1.69 bits per heavy atom. The fraction of sp³-hybridized carbons (Fsp3) is 0.308. The average molecular weight is 497 g/mol. The summed E-state index contributed by atoms with van der Waals surface area (Å²) in [6.45, 7) is 6.00. The number of carbonyl (C=O) groups excluding carboxylic acids is 3. The molecule has 0 radical (unpaired) electrons. The Morgan fingerprint density at radius 3 is 2.34 bits per heavy atom. The van der Waals surface area contributed by atoms with Crippen LogP contribution in [-0.2, 0) is 16.0 Å². The monoisotopic (exact) mass is 496 g/mol. The molecule has 1 atom stereocenters. The van der Waals surface area contributed by atoms with Gasteiger partial charge in [-0.3, -0.25) is 14.4 Å². The summed E-state index contributed by atoms with van der Waals surface area (Å²) in [5.41, 5.74) is 1.87. The minimum absolute atomic E-state index is 0.0894. The van der Waals surface area contributed by atoms with Gasteiger partial charge in [0.1, 0.15) is 12.4 Å². The van der Waals surface area contributed by atoms with Crippen LogP contribution in [0.4, 0.5) is 9.52 Å². The van der Waals surface area contributed by atoms with Gasteiger partial charge >= 0.3 is 0 Å². The molecule has 0 aliphatic carbocycles. The third-order valence-corrected chi connectivity index (χ3v) is 5.92. The van der Waals surface area contributed by atoms with Crippen LogP contribution >= 0.6 is 11.3 Å². The maximum Gasteiger partial charge on any atom is 0.254 e. The minimum atomic E-state index is -0.433. The second-order valence-corrected chi connectivity index (χ2v) is 9.51. The summed E-state index contributed by atoms with van der Waals surface area (Å²) in [7, 11) is 0. The first-order chi connectivity index (χ1) is 16.7. The van der Waals surface area contributed by atoms with Gasteiger partial charge in [0.25, 0.3) is 5.91 Å². The molecule has 1 aromatic heterocycles. The molecule has 35 heavy (non-hydrogen) atoms. The zero-order valence-electron chi connectivity index (χ0n) is 20.0. The van der Waals surface area contributed by atoms with Crippen molar-refractivity contribution >= 4 is 34.2 Å². The number of aromatic nitrogens is 1. The number of hydrogen-bond acceptors (Lipinski definition) is 5. The highest BCUT2D eigenvalue weighted by Crippen LogP contribution is 2.17. The molecule has 0 fully saturated rings. The zero-order valence-corrected chi connectivity index (χ0v) is 20.8. The van der Waals surface area contributed by atoms with E-state index in [0.717, 1.165) is 5.56 Å². The molecular weight excluding hydrogens is 467 g/mol. The number of carbonyl (C=O) groups is 3. The highest BCUT2D eigenvalue weighted by atomic mass is 32.1. The van der Waals surface area contributed by atoms with Gasteiger partial charge in [0.2, 0.25) is 11.8 Å². The number of thiazole rings is 1. The Balaban J connectivity index is 1.56. The first-order valence-corrected chi connectivity index (χ1v) is 12.2. The maximum absolute atomic E-state index is 13.2. The number of halogens is 1. The Labute approximate surface area is 208 Å². The molecule has 184 valence electrons. The lowest BCUT2D eigenvalue weighted by atomic mass is 10.1. The number of nitrogens with zero attached hydrogens (tertiary/aromatic N) is 2. The largest absolute Gasteiger partial charge is 0.349 e. The van der Waals surface area contributed by atoms with E-state index >= 15 is 0 Å². The first-order valence-electron chi connectivity index (χ1n) is 11.3. The smallest absolute Gasteiger partial charge is 0.254 e. The molecule has 3 aromatic rings. The molecular formula is C26H29FN4O3S. The Bertz CT molecular complexity index is 1150. The zero-order chi connectivity index (χ0) is 25.4. The average Bonchev–Trinajstić information content (AvgIpc) is 3.25. The van der Waals surface area contributed by atoms with Crippen molar-refractivity contribution in [2.45, 2.75) is 33.2 Å². The van der Waals surface area contributed by atoms with Crippen molar-refractivity contribution < 1.29 is 18.8 Å². The van der Waals surface area contributed by atoms with E-state index in [2.05, 4.69) is 15.6 Å². The molecule has 2 N–H and O–H groups in total. The third kappa shape index (κ3) is 7.99. The molecule has 1 unspecified atom stereocenters. The van der Waals surface area contributed by atoms with Gasteiger partial charge < -0.3 is 15.5 Å². The van der Waals surface area contributed by atoms with E-state index in [1.54, 1.807) is 5.38 Å². The quantitative estimate of drug-likeness (QED) is 0.434. The van der Waals surface area contributed by atoms with Gasteiger partial charge in [-0.15, -0.1) is 11.3 Å².